The number of halogens is 1. The summed E-state index contributed by atoms with van der Waals surface area (Å²) in [5.41, 5.74) is 0.935. The predicted molar refractivity (Wildman–Crippen MR) is 57.1 cm³/mol. The molecule has 0 saturated carbocycles. The summed E-state index contributed by atoms with van der Waals surface area (Å²) in [7, 11) is 0. The summed E-state index contributed by atoms with van der Waals surface area (Å²) in [5.74, 6) is -0.471. The van der Waals surface area contributed by atoms with Crippen LogP contribution in [0.3, 0.4) is 0 Å². The van der Waals surface area contributed by atoms with Gasteiger partial charge in [0.15, 0.2) is 23.0 Å². The van der Waals surface area contributed by atoms with Crippen LogP contribution in [-0.4, -0.2) is 11.1 Å². The number of carboxylic acids is 1. The normalized spacial score (nSPS) is 9.14. The summed E-state index contributed by atoms with van der Waals surface area (Å²) in [6.45, 7) is 0. The van der Waals surface area contributed by atoms with Gasteiger partial charge >= 0.3 is 5.97 Å². The number of aliphatic carboxylic acids is 1. The molecule has 0 atom stereocenters. The fourth-order valence-electron chi connectivity index (χ4n) is 1.03. The lowest BCUT2D eigenvalue weighted by Gasteiger charge is -2.04. The van der Waals surface area contributed by atoms with Crippen LogP contribution in [0.1, 0.15) is 11.1 Å². The van der Waals surface area contributed by atoms with Crippen molar-refractivity contribution in [1.82, 2.24) is 0 Å². The number of benzene rings is 1. The Hall–Kier alpha value is -1.29. The number of carboxylic acid groups (broad SMARTS) is 1. The highest BCUT2D eigenvalue weighted by Crippen LogP contribution is 2.22. The van der Waals surface area contributed by atoms with E-state index in [1.807, 2.05) is 6.07 Å². The van der Waals surface area contributed by atoms with Crippen LogP contribution in [0.2, 0.25) is 0 Å². The lowest BCUT2D eigenvalue weighted by atomic mass is 10.1. The van der Waals surface area contributed by atoms with E-state index in [9.17, 15) is 4.79 Å². The summed E-state index contributed by atoms with van der Waals surface area (Å²) in [5, 5.41) is 17.2. The van der Waals surface area contributed by atoms with E-state index in [1.54, 1.807) is 35.1 Å². The van der Waals surface area contributed by atoms with E-state index in [1.165, 1.54) is 6.07 Å². The van der Waals surface area contributed by atoms with Crippen molar-refractivity contribution in [2.24, 2.45) is 0 Å². The Kier molecular flexibility index (Phi) is 3.71. The number of hydrogen-bond acceptors (Lipinski definition) is 3. The van der Waals surface area contributed by atoms with Crippen molar-refractivity contribution in [2.75, 3.05) is 0 Å². The van der Waals surface area contributed by atoms with Gasteiger partial charge in [-0.2, -0.15) is 5.26 Å². The van der Waals surface area contributed by atoms with Gasteiger partial charge < -0.3 is 8.17 Å². The van der Waals surface area contributed by atoms with Crippen molar-refractivity contribution < 1.29 is 13.0 Å². The van der Waals surface area contributed by atoms with Crippen molar-refractivity contribution in [1.29, 1.82) is 5.26 Å². The smallest absolute Gasteiger partial charge is 0.307 e. The first-order chi connectivity index (χ1) is 6.67. The standard InChI is InChI=1S/C9H6INO3/c10-14-8-2-1-6(5-11)3-7(8)4-9(12)13/h1-3H,4H2,(H,12,13). The number of carbonyl (C=O) groups is 1. The summed E-state index contributed by atoms with van der Waals surface area (Å²) in [4.78, 5) is 10.5. The molecule has 0 unspecified atom stereocenters. The topological polar surface area (TPSA) is 70.3 Å². The third-order valence-electron chi connectivity index (χ3n) is 1.61. The molecule has 0 heterocycles. The largest absolute Gasteiger partial charge is 0.481 e. The Morgan fingerprint density at radius 1 is 1.64 bits per heavy atom. The molecular formula is C9H6INO3. The van der Waals surface area contributed by atoms with Crippen molar-refractivity contribution in [3.8, 4) is 11.8 Å². The molecule has 0 aromatic heterocycles. The van der Waals surface area contributed by atoms with Gasteiger partial charge in [-0.25, -0.2) is 0 Å². The van der Waals surface area contributed by atoms with Gasteiger partial charge in [0.25, 0.3) is 0 Å². The first-order valence-corrected chi connectivity index (χ1v) is 4.59. The van der Waals surface area contributed by atoms with Gasteiger partial charge in [-0.15, -0.1) is 0 Å². The fourth-order valence-corrected chi connectivity index (χ4v) is 1.45. The molecule has 0 amide bonds. The van der Waals surface area contributed by atoms with Crippen LogP contribution in [0.5, 0.6) is 5.75 Å². The molecule has 0 saturated heterocycles. The first kappa shape index (κ1) is 10.8. The molecule has 14 heavy (non-hydrogen) atoms. The minimum Gasteiger partial charge on any atom is -0.481 e. The Morgan fingerprint density at radius 3 is 2.86 bits per heavy atom. The molecule has 0 aliphatic carbocycles. The van der Waals surface area contributed by atoms with Gasteiger partial charge in [-0.3, -0.25) is 4.79 Å². The second kappa shape index (κ2) is 4.81. The minimum atomic E-state index is -0.949. The van der Waals surface area contributed by atoms with E-state index < -0.39 is 5.97 Å². The van der Waals surface area contributed by atoms with Crippen LogP contribution in [-0.2, 0) is 11.2 Å². The Morgan fingerprint density at radius 2 is 2.36 bits per heavy atom. The van der Waals surface area contributed by atoms with Gasteiger partial charge in [0.2, 0.25) is 0 Å². The summed E-state index contributed by atoms with van der Waals surface area (Å²) < 4.78 is 4.94. The summed E-state index contributed by atoms with van der Waals surface area (Å²) in [6.07, 6.45) is -0.145. The number of rotatable bonds is 3. The molecule has 1 aromatic rings. The molecule has 1 N–H and O–H groups in total. The lowest BCUT2D eigenvalue weighted by molar-refractivity contribution is -0.136. The van der Waals surface area contributed by atoms with Gasteiger partial charge in [-0.1, -0.05) is 0 Å². The monoisotopic (exact) mass is 303 g/mol. The molecule has 72 valence electrons. The lowest BCUT2D eigenvalue weighted by Crippen LogP contribution is -2.01. The quantitative estimate of drug-likeness (QED) is 0.866. The van der Waals surface area contributed by atoms with E-state index in [0.717, 1.165) is 0 Å². The maximum atomic E-state index is 10.5. The second-order valence-electron chi connectivity index (χ2n) is 2.58. The molecule has 0 bridgehead atoms. The maximum Gasteiger partial charge on any atom is 0.307 e. The molecule has 0 aliphatic heterocycles. The van der Waals surface area contributed by atoms with Crippen molar-refractivity contribution in [3.63, 3.8) is 0 Å². The van der Waals surface area contributed by atoms with Crippen molar-refractivity contribution in [2.45, 2.75) is 6.42 Å². The van der Waals surface area contributed by atoms with E-state index >= 15 is 0 Å². The Labute approximate surface area is 94.8 Å². The fraction of sp³-hybridized carbons (Fsp3) is 0.111. The highest BCUT2D eigenvalue weighted by atomic mass is 127. The zero-order valence-corrected chi connectivity index (χ0v) is 9.19. The molecule has 1 aromatic carbocycles. The molecule has 0 aliphatic rings. The third kappa shape index (κ3) is 2.60. The van der Waals surface area contributed by atoms with Crippen LogP contribution in [0.4, 0.5) is 0 Å². The Bertz CT molecular complexity index is 398. The summed E-state index contributed by atoms with van der Waals surface area (Å²) in [6, 6.07) is 6.63. The second-order valence-corrected chi connectivity index (χ2v) is 3.02. The average molecular weight is 303 g/mol. The zero-order valence-electron chi connectivity index (χ0n) is 7.03. The van der Waals surface area contributed by atoms with Crippen LogP contribution in [0, 0.1) is 11.3 Å². The predicted octanol–water partition coefficient (Wildman–Crippen LogP) is 1.91. The highest BCUT2D eigenvalue weighted by molar-refractivity contribution is 14.1. The maximum absolute atomic E-state index is 10.5. The third-order valence-corrected chi connectivity index (χ3v) is 2.09. The van der Waals surface area contributed by atoms with Gasteiger partial charge in [0.05, 0.1) is 18.1 Å². The van der Waals surface area contributed by atoms with E-state index in [0.29, 0.717) is 16.9 Å². The molecule has 4 nitrogen and oxygen atoms in total. The van der Waals surface area contributed by atoms with Crippen LogP contribution in [0.15, 0.2) is 18.2 Å². The van der Waals surface area contributed by atoms with Crippen molar-refractivity contribution in [3.05, 3.63) is 29.3 Å². The van der Waals surface area contributed by atoms with E-state index in [2.05, 4.69) is 0 Å². The van der Waals surface area contributed by atoms with Crippen LogP contribution in [0.25, 0.3) is 0 Å². The Balaban J connectivity index is 3.09. The van der Waals surface area contributed by atoms with Gasteiger partial charge in [-0.05, 0) is 18.2 Å². The molecule has 0 radical (unpaired) electrons. The van der Waals surface area contributed by atoms with Crippen LogP contribution < -0.4 is 3.07 Å². The van der Waals surface area contributed by atoms with Crippen LogP contribution >= 0.6 is 23.0 Å². The van der Waals surface area contributed by atoms with Gasteiger partial charge in [0.1, 0.15) is 5.75 Å². The molecule has 1 rings (SSSR count). The minimum absolute atomic E-state index is 0.145. The number of nitrogens with zero attached hydrogens (tertiary/aromatic N) is 1. The van der Waals surface area contributed by atoms with E-state index in [4.69, 9.17) is 13.4 Å². The molecule has 5 heteroatoms. The highest BCUT2D eigenvalue weighted by Gasteiger charge is 2.08. The molecular weight excluding hydrogens is 297 g/mol. The first-order valence-electron chi connectivity index (χ1n) is 3.70. The SMILES string of the molecule is N#Cc1ccc(OI)c(CC(=O)O)c1. The van der Waals surface area contributed by atoms with E-state index in [-0.39, 0.29) is 6.42 Å². The molecule has 0 spiro atoms. The zero-order chi connectivity index (χ0) is 10.6. The van der Waals surface area contributed by atoms with Gasteiger partial charge in [0, 0.05) is 5.56 Å². The number of hydrogen-bond donors (Lipinski definition) is 1. The average Bonchev–Trinajstić information content (AvgIpc) is 2.16. The summed E-state index contributed by atoms with van der Waals surface area (Å²) >= 11 is 1.67. The number of nitriles is 1. The van der Waals surface area contributed by atoms with Crippen molar-refractivity contribution >= 4 is 29.0 Å². The molecule has 0 fully saturated rings.